The number of halogens is 1. The predicted octanol–water partition coefficient (Wildman–Crippen LogP) is 3.51. The van der Waals surface area contributed by atoms with E-state index in [4.69, 9.17) is 0 Å². The molecule has 1 aromatic rings. The van der Waals surface area contributed by atoms with Crippen molar-refractivity contribution in [3.63, 3.8) is 0 Å². The number of amides is 1. The van der Waals surface area contributed by atoms with E-state index in [1.54, 1.807) is 7.05 Å². The molecule has 1 rings (SSSR count). The molecule has 1 amide bonds. The smallest absolute Gasteiger partial charge is 0.238 e. The normalized spacial score (nSPS) is 10.5. The van der Waals surface area contributed by atoms with Gasteiger partial charge in [-0.2, -0.15) is 0 Å². The summed E-state index contributed by atoms with van der Waals surface area (Å²) >= 11 is 0. The minimum atomic E-state index is 0. The number of anilines is 1. The second kappa shape index (κ2) is 8.18. The predicted molar refractivity (Wildman–Crippen MR) is 84.4 cm³/mol. The van der Waals surface area contributed by atoms with Crippen LogP contribution in [-0.2, 0) is 4.79 Å². The molecule has 0 unspecified atom stereocenters. The third-order valence-corrected chi connectivity index (χ3v) is 2.97. The first-order valence-electron chi connectivity index (χ1n) is 6.54. The molecule has 0 atom stereocenters. The first-order chi connectivity index (χ1) is 8.47. The molecule has 108 valence electrons. The van der Waals surface area contributed by atoms with E-state index < -0.39 is 0 Å². The lowest BCUT2D eigenvalue weighted by atomic mass is 9.92. The van der Waals surface area contributed by atoms with Crippen LogP contribution >= 0.6 is 12.4 Å². The Labute approximate surface area is 122 Å². The molecule has 3 nitrogen and oxygen atoms in total. The zero-order valence-electron chi connectivity index (χ0n) is 12.4. The summed E-state index contributed by atoms with van der Waals surface area (Å²) in [6.45, 7) is 8.92. The Hall–Kier alpha value is -1.06. The van der Waals surface area contributed by atoms with Crippen LogP contribution in [-0.4, -0.2) is 19.5 Å². The maximum atomic E-state index is 11.8. The van der Waals surface area contributed by atoms with Crippen molar-refractivity contribution in [2.24, 2.45) is 0 Å². The maximum Gasteiger partial charge on any atom is 0.238 e. The van der Waals surface area contributed by atoms with Crippen molar-refractivity contribution in [3.05, 3.63) is 29.3 Å². The average molecular weight is 285 g/mol. The van der Waals surface area contributed by atoms with E-state index in [2.05, 4.69) is 56.5 Å². The SMILES string of the molecule is CNCC(=O)Nc1c(C(C)C)cccc1C(C)C.Cl. The zero-order chi connectivity index (χ0) is 13.7. The summed E-state index contributed by atoms with van der Waals surface area (Å²) in [4.78, 5) is 11.8. The standard InChI is InChI=1S/C15H24N2O.ClH/c1-10(2)12-7-6-8-13(11(3)4)15(12)17-14(18)9-16-5;/h6-8,10-11,16H,9H2,1-5H3,(H,17,18);1H. The quantitative estimate of drug-likeness (QED) is 0.869. The third kappa shape index (κ3) is 4.84. The van der Waals surface area contributed by atoms with E-state index >= 15 is 0 Å². The van der Waals surface area contributed by atoms with Gasteiger partial charge in [-0.25, -0.2) is 0 Å². The topological polar surface area (TPSA) is 41.1 Å². The van der Waals surface area contributed by atoms with Crippen LogP contribution in [0.5, 0.6) is 0 Å². The molecule has 0 radical (unpaired) electrons. The van der Waals surface area contributed by atoms with Gasteiger partial charge in [0.2, 0.25) is 5.91 Å². The molecular formula is C15H25ClN2O. The van der Waals surface area contributed by atoms with Gasteiger partial charge in [0.25, 0.3) is 0 Å². The first-order valence-corrected chi connectivity index (χ1v) is 6.54. The van der Waals surface area contributed by atoms with Crippen molar-refractivity contribution >= 4 is 24.0 Å². The highest BCUT2D eigenvalue weighted by molar-refractivity contribution is 5.94. The monoisotopic (exact) mass is 284 g/mol. The molecule has 19 heavy (non-hydrogen) atoms. The van der Waals surface area contributed by atoms with Gasteiger partial charge < -0.3 is 10.6 Å². The van der Waals surface area contributed by atoms with Gasteiger partial charge >= 0.3 is 0 Å². The molecule has 0 aliphatic carbocycles. The van der Waals surface area contributed by atoms with Crippen molar-refractivity contribution in [1.29, 1.82) is 0 Å². The fraction of sp³-hybridized carbons (Fsp3) is 0.533. The highest BCUT2D eigenvalue weighted by Crippen LogP contribution is 2.32. The van der Waals surface area contributed by atoms with E-state index in [0.29, 0.717) is 18.4 Å². The third-order valence-electron chi connectivity index (χ3n) is 2.97. The van der Waals surface area contributed by atoms with Crippen molar-refractivity contribution in [2.75, 3.05) is 18.9 Å². The molecule has 2 N–H and O–H groups in total. The number of rotatable bonds is 5. The maximum absolute atomic E-state index is 11.8. The molecule has 0 fully saturated rings. The Balaban J connectivity index is 0.00000324. The Morgan fingerprint density at radius 1 is 1.11 bits per heavy atom. The van der Waals surface area contributed by atoms with Crippen LogP contribution < -0.4 is 10.6 Å². The van der Waals surface area contributed by atoms with Gasteiger partial charge in [-0.05, 0) is 30.0 Å². The Morgan fingerprint density at radius 3 is 1.95 bits per heavy atom. The van der Waals surface area contributed by atoms with Crippen molar-refractivity contribution < 1.29 is 4.79 Å². The molecule has 4 heteroatoms. The van der Waals surface area contributed by atoms with E-state index in [-0.39, 0.29) is 18.3 Å². The van der Waals surface area contributed by atoms with Gasteiger partial charge in [-0.15, -0.1) is 12.4 Å². The lowest BCUT2D eigenvalue weighted by molar-refractivity contribution is -0.115. The fourth-order valence-electron chi connectivity index (χ4n) is 2.04. The van der Waals surface area contributed by atoms with Crippen molar-refractivity contribution in [3.8, 4) is 0 Å². The lowest BCUT2D eigenvalue weighted by Crippen LogP contribution is -2.26. The highest BCUT2D eigenvalue weighted by Gasteiger charge is 2.15. The van der Waals surface area contributed by atoms with E-state index in [0.717, 1.165) is 5.69 Å². The van der Waals surface area contributed by atoms with E-state index in [9.17, 15) is 4.79 Å². The number of likely N-dealkylation sites (N-methyl/N-ethyl adjacent to an activating group) is 1. The van der Waals surface area contributed by atoms with Crippen molar-refractivity contribution in [2.45, 2.75) is 39.5 Å². The largest absolute Gasteiger partial charge is 0.324 e. The molecule has 0 saturated heterocycles. The average Bonchev–Trinajstić information content (AvgIpc) is 2.28. The van der Waals surface area contributed by atoms with Gasteiger partial charge in [-0.3, -0.25) is 4.79 Å². The molecule has 0 spiro atoms. The number of hydrogen-bond acceptors (Lipinski definition) is 2. The lowest BCUT2D eigenvalue weighted by Gasteiger charge is -2.20. The number of benzene rings is 1. The van der Waals surface area contributed by atoms with Crippen LogP contribution in [0.3, 0.4) is 0 Å². The Kier molecular flexibility index (Phi) is 7.72. The molecule has 0 bridgehead atoms. The molecule has 0 saturated carbocycles. The minimum Gasteiger partial charge on any atom is -0.324 e. The second-order valence-corrected chi connectivity index (χ2v) is 5.20. The minimum absolute atomic E-state index is 0. The Bertz CT molecular complexity index is 390. The number of carbonyl (C=O) groups is 1. The fourth-order valence-corrected chi connectivity index (χ4v) is 2.04. The molecule has 0 aromatic heterocycles. The number of hydrogen-bond donors (Lipinski definition) is 2. The summed E-state index contributed by atoms with van der Waals surface area (Å²) in [6.07, 6.45) is 0. The summed E-state index contributed by atoms with van der Waals surface area (Å²) in [5.74, 6) is 0.801. The van der Waals surface area contributed by atoms with Gasteiger partial charge in [0.15, 0.2) is 0 Å². The number of para-hydroxylation sites is 1. The molecule has 0 heterocycles. The number of carbonyl (C=O) groups excluding carboxylic acids is 1. The van der Waals surface area contributed by atoms with Crippen LogP contribution in [0.2, 0.25) is 0 Å². The first kappa shape index (κ1) is 17.9. The summed E-state index contributed by atoms with van der Waals surface area (Å²) < 4.78 is 0. The van der Waals surface area contributed by atoms with Gasteiger partial charge in [0.1, 0.15) is 0 Å². The van der Waals surface area contributed by atoms with Crippen LogP contribution in [0.1, 0.15) is 50.7 Å². The molecule has 0 aliphatic heterocycles. The zero-order valence-corrected chi connectivity index (χ0v) is 13.2. The van der Waals surface area contributed by atoms with Crippen LogP contribution in [0, 0.1) is 0 Å². The van der Waals surface area contributed by atoms with E-state index in [1.807, 2.05) is 0 Å². The summed E-state index contributed by atoms with van der Waals surface area (Å²) in [5, 5.41) is 5.91. The number of nitrogens with one attached hydrogen (secondary N) is 2. The summed E-state index contributed by atoms with van der Waals surface area (Å²) in [5.41, 5.74) is 3.39. The van der Waals surface area contributed by atoms with Crippen LogP contribution in [0.15, 0.2) is 18.2 Å². The van der Waals surface area contributed by atoms with Crippen LogP contribution in [0.25, 0.3) is 0 Å². The van der Waals surface area contributed by atoms with Crippen LogP contribution in [0.4, 0.5) is 5.69 Å². The molecule has 0 aliphatic rings. The molecular weight excluding hydrogens is 260 g/mol. The Morgan fingerprint density at radius 2 is 1.58 bits per heavy atom. The summed E-state index contributed by atoms with van der Waals surface area (Å²) in [7, 11) is 1.78. The highest BCUT2D eigenvalue weighted by atomic mass is 35.5. The van der Waals surface area contributed by atoms with E-state index in [1.165, 1.54) is 11.1 Å². The molecule has 1 aromatic carbocycles. The van der Waals surface area contributed by atoms with Gasteiger partial charge in [0, 0.05) is 5.69 Å². The van der Waals surface area contributed by atoms with Gasteiger partial charge in [-0.1, -0.05) is 45.9 Å². The summed E-state index contributed by atoms with van der Waals surface area (Å²) in [6, 6.07) is 6.25. The van der Waals surface area contributed by atoms with Gasteiger partial charge in [0.05, 0.1) is 6.54 Å². The van der Waals surface area contributed by atoms with Crippen molar-refractivity contribution in [1.82, 2.24) is 5.32 Å². The second-order valence-electron chi connectivity index (χ2n) is 5.20.